The van der Waals surface area contributed by atoms with Crippen molar-refractivity contribution in [2.75, 3.05) is 0 Å². The summed E-state index contributed by atoms with van der Waals surface area (Å²) < 4.78 is 0. The van der Waals surface area contributed by atoms with Gasteiger partial charge in [-0.15, -0.1) is 0 Å². The van der Waals surface area contributed by atoms with Gasteiger partial charge in [-0.25, -0.2) is 4.79 Å². The number of rotatable bonds is 3. The monoisotopic (exact) mass is 236 g/mol. The number of aliphatic carboxylic acids is 1. The summed E-state index contributed by atoms with van der Waals surface area (Å²) in [5.41, 5.74) is -0.348. The highest BCUT2D eigenvalue weighted by Crippen LogP contribution is 2.19. The summed E-state index contributed by atoms with van der Waals surface area (Å²) in [4.78, 5) is 26.7. The van der Waals surface area contributed by atoms with Gasteiger partial charge in [0.25, 0.3) is 5.91 Å². The summed E-state index contributed by atoms with van der Waals surface area (Å²) in [5, 5.41) is 11.5. The van der Waals surface area contributed by atoms with Crippen molar-refractivity contribution in [3.63, 3.8) is 0 Å². The number of amides is 1. The van der Waals surface area contributed by atoms with Crippen LogP contribution in [0.2, 0.25) is 0 Å². The molecule has 1 atom stereocenters. The van der Waals surface area contributed by atoms with Crippen molar-refractivity contribution in [3.05, 3.63) is 30.1 Å². The van der Waals surface area contributed by atoms with Gasteiger partial charge in [0.2, 0.25) is 0 Å². The van der Waals surface area contributed by atoms with Gasteiger partial charge in [0.05, 0.1) is 0 Å². The topological polar surface area (TPSA) is 79.3 Å². The van der Waals surface area contributed by atoms with Crippen LogP contribution in [0.4, 0.5) is 0 Å². The zero-order chi connectivity index (χ0) is 13.1. The number of carboxylic acid groups (broad SMARTS) is 1. The molecule has 92 valence electrons. The van der Waals surface area contributed by atoms with Crippen molar-refractivity contribution in [1.29, 1.82) is 0 Å². The second kappa shape index (κ2) is 4.95. The molecular formula is C12H16N2O3. The molecule has 0 aliphatic carbocycles. The van der Waals surface area contributed by atoms with Gasteiger partial charge in [0.15, 0.2) is 0 Å². The molecule has 2 N–H and O–H groups in total. The first-order valence-corrected chi connectivity index (χ1v) is 5.27. The third kappa shape index (κ3) is 3.55. The third-order valence-electron chi connectivity index (χ3n) is 2.29. The first-order valence-electron chi connectivity index (χ1n) is 5.27. The van der Waals surface area contributed by atoms with Gasteiger partial charge < -0.3 is 10.4 Å². The van der Waals surface area contributed by atoms with Crippen LogP contribution in [0.3, 0.4) is 0 Å². The highest BCUT2D eigenvalue weighted by Gasteiger charge is 2.32. The first kappa shape index (κ1) is 13.2. The van der Waals surface area contributed by atoms with Crippen LogP contribution in [-0.2, 0) is 4.79 Å². The van der Waals surface area contributed by atoms with E-state index in [1.165, 1.54) is 12.3 Å². The predicted octanol–water partition coefficient (Wildman–Crippen LogP) is 1.31. The van der Waals surface area contributed by atoms with Crippen LogP contribution in [0, 0.1) is 5.41 Å². The summed E-state index contributed by atoms with van der Waals surface area (Å²) in [6, 6.07) is 3.96. The number of nitrogens with one attached hydrogen (secondary N) is 1. The first-order chi connectivity index (χ1) is 7.82. The highest BCUT2D eigenvalue weighted by atomic mass is 16.4. The summed E-state index contributed by atoms with van der Waals surface area (Å²) in [7, 11) is 0. The number of aromatic nitrogens is 1. The summed E-state index contributed by atoms with van der Waals surface area (Å²) in [6.45, 7) is 5.26. The number of carbonyl (C=O) groups excluding carboxylic acids is 1. The van der Waals surface area contributed by atoms with E-state index in [9.17, 15) is 9.59 Å². The van der Waals surface area contributed by atoms with E-state index in [0.717, 1.165) is 0 Å². The SMILES string of the molecule is CC(C)(C)[C@H](NC(=O)c1ccccn1)C(=O)O. The predicted molar refractivity (Wildman–Crippen MR) is 62.6 cm³/mol. The smallest absolute Gasteiger partial charge is 0.326 e. The number of carboxylic acids is 1. The molecule has 0 aromatic carbocycles. The fraction of sp³-hybridized carbons (Fsp3) is 0.417. The van der Waals surface area contributed by atoms with Crippen molar-refractivity contribution in [2.24, 2.45) is 5.41 Å². The van der Waals surface area contributed by atoms with Gasteiger partial charge in [-0.2, -0.15) is 0 Å². The highest BCUT2D eigenvalue weighted by molar-refractivity contribution is 5.95. The summed E-state index contributed by atoms with van der Waals surface area (Å²) in [5.74, 6) is -1.53. The quantitative estimate of drug-likeness (QED) is 0.829. The molecule has 0 aliphatic heterocycles. The minimum Gasteiger partial charge on any atom is -0.480 e. The molecule has 0 aliphatic rings. The zero-order valence-electron chi connectivity index (χ0n) is 10.1. The Hall–Kier alpha value is -1.91. The van der Waals surface area contributed by atoms with E-state index in [0.29, 0.717) is 0 Å². The Morgan fingerprint density at radius 3 is 2.41 bits per heavy atom. The number of hydrogen-bond acceptors (Lipinski definition) is 3. The average Bonchev–Trinajstić information content (AvgIpc) is 2.24. The van der Waals surface area contributed by atoms with Crippen molar-refractivity contribution in [1.82, 2.24) is 10.3 Å². The molecule has 1 aromatic rings. The molecule has 1 rings (SSSR count). The standard InChI is InChI=1S/C12H16N2O3/c1-12(2,3)9(11(16)17)14-10(15)8-6-4-5-7-13-8/h4-7,9H,1-3H3,(H,14,15)(H,16,17)/t9-/m1/s1. The maximum Gasteiger partial charge on any atom is 0.326 e. The molecule has 17 heavy (non-hydrogen) atoms. The lowest BCUT2D eigenvalue weighted by Gasteiger charge is -2.27. The zero-order valence-corrected chi connectivity index (χ0v) is 10.1. The van der Waals surface area contributed by atoms with Crippen LogP contribution in [-0.4, -0.2) is 28.0 Å². The van der Waals surface area contributed by atoms with Gasteiger partial charge in [-0.3, -0.25) is 9.78 Å². The Morgan fingerprint density at radius 2 is 2.00 bits per heavy atom. The van der Waals surface area contributed by atoms with Crippen LogP contribution < -0.4 is 5.32 Å². The van der Waals surface area contributed by atoms with E-state index >= 15 is 0 Å². The van der Waals surface area contributed by atoms with Crippen LogP contribution in [0.15, 0.2) is 24.4 Å². The van der Waals surface area contributed by atoms with Gasteiger partial charge >= 0.3 is 5.97 Å². The maximum absolute atomic E-state index is 11.8. The molecule has 0 spiro atoms. The summed E-state index contributed by atoms with van der Waals surface area (Å²) >= 11 is 0. The Labute approximate surface area is 99.9 Å². The number of hydrogen-bond donors (Lipinski definition) is 2. The second-order valence-electron chi connectivity index (χ2n) is 4.83. The molecule has 0 unspecified atom stereocenters. The molecule has 1 amide bonds. The molecule has 0 fully saturated rings. The number of pyridine rings is 1. The molecule has 1 heterocycles. The maximum atomic E-state index is 11.8. The molecule has 0 saturated heterocycles. The van der Waals surface area contributed by atoms with E-state index in [1.807, 2.05) is 0 Å². The third-order valence-corrected chi connectivity index (χ3v) is 2.29. The van der Waals surface area contributed by atoms with E-state index in [2.05, 4.69) is 10.3 Å². The van der Waals surface area contributed by atoms with Crippen LogP contribution >= 0.6 is 0 Å². The molecule has 1 aromatic heterocycles. The normalized spacial score (nSPS) is 12.9. The van der Waals surface area contributed by atoms with Crippen molar-refractivity contribution in [3.8, 4) is 0 Å². The fourth-order valence-electron chi connectivity index (χ4n) is 1.35. The lowest BCUT2D eigenvalue weighted by atomic mass is 9.86. The molecule has 5 heteroatoms. The summed E-state index contributed by atoms with van der Waals surface area (Å²) in [6.07, 6.45) is 1.49. The van der Waals surface area contributed by atoms with Crippen molar-refractivity contribution >= 4 is 11.9 Å². The van der Waals surface area contributed by atoms with Gasteiger partial charge in [-0.1, -0.05) is 26.8 Å². The molecule has 0 radical (unpaired) electrons. The average molecular weight is 236 g/mol. The Morgan fingerprint density at radius 1 is 1.35 bits per heavy atom. The van der Waals surface area contributed by atoms with Crippen LogP contribution in [0.25, 0.3) is 0 Å². The molecule has 0 bridgehead atoms. The Kier molecular flexibility index (Phi) is 3.83. The van der Waals surface area contributed by atoms with Crippen LogP contribution in [0.1, 0.15) is 31.3 Å². The van der Waals surface area contributed by atoms with E-state index in [4.69, 9.17) is 5.11 Å². The number of nitrogens with zero attached hydrogens (tertiary/aromatic N) is 1. The number of carbonyl (C=O) groups is 2. The fourth-order valence-corrected chi connectivity index (χ4v) is 1.35. The Bertz CT molecular complexity index is 410. The largest absolute Gasteiger partial charge is 0.480 e. The lowest BCUT2D eigenvalue weighted by molar-refractivity contribution is -0.142. The minimum absolute atomic E-state index is 0.211. The second-order valence-corrected chi connectivity index (χ2v) is 4.83. The van der Waals surface area contributed by atoms with E-state index in [1.54, 1.807) is 32.9 Å². The van der Waals surface area contributed by atoms with Gasteiger partial charge in [0, 0.05) is 6.20 Å². The van der Waals surface area contributed by atoms with Crippen molar-refractivity contribution in [2.45, 2.75) is 26.8 Å². The minimum atomic E-state index is -1.05. The van der Waals surface area contributed by atoms with E-state index in [-0.39, 0.29) is 5.69 Å². The molecule has 0 saturated carbocycles. The van der Waals surface area contributed by atoms with E-state index < -0.39 is 23.3 Å². The molecule has 5 nitrogen and oxygen atoms in total. The Balaban J connectivity index is 2.83. The van der Waals surface area contributed by atoms with Gasteiger partial charge in [-0.05, 0) is 17.5 Å². The molecular weight excluding hydrogens is 220 g/mol. The van der Waals surface area contributed by atoms with Crippen LogP contribution in [0.5, 0.6) is 0 Å². The lowest BCUT2D eigenvalue weighted by Crippen LogP contribution is -2.49. The van der Waals surface area contributed by atoms with Crippen molar-refractivity contribution < 1.29 is 14.7 Å². The van der Waals surface area contributed by atoms with Gasteiger partial charge in [0.1, 0.15) is 11.7 Å².